The number of alkyl halides is 1. The van der Waals surface area contributed by atoms with Gasteiger partial charge in [0.1, 0.15) is 11.8 Å². The summed E-state index contributed by atoms with van der Waals surface area (Å²) in [4.78, 5) is 14.7. The van der Waals surface area contributed by atoms with E-state index < -0.39 is 0 Å². The monoisotopic (exact) mass is 342 g/mol. The molecule has 0 saturated heterocycles. The summed E-state index contributed by atoms with van der Waals surface area (Å²) in [5.74, 6) is -0.135. The van der Waals surface area contributed by atoms with Gasteiger partial charge in [-0.1, -0.05) is 11.6 Å². The van der Waals surface area contributed by atoms with Gasteiger partial charge in [0.05, 0.1) is 29.6 Å². The van der Waals surface area contributed by atoms with Gasteiger partial charge in [-0.25, -0.2) is 4.99 Å². The van der Waals surface area contributed by atoms with Crippen LogP contribution in [-0.2, 0) is 0 Å². The standard InChI is InChI=1S/C17H19ClN6/c1-20-9-13(17(19)12-6-21-10-22-7-12)11-5-15-14(23-8-11)3-4-16(18)24(15)2/h3-6,8-10,12,16,19-20H,7H2,1-2H3/b13-9-,19-17?. The molecule has 1 aromatic rings. The molecule has 7 heteroatoms. The van der Waals surface area contributed by atoms with Gasteiger partial charge in [-0.3, -0.25) is 9.98 Å². The lowest BCUT2D eigenvalue weighted by Crippen LogP contribution is -2.28. The summed E-state index contributed by atoms with van der Waals surface area (Å²) < 4.78 is 0. The maximum absolute atomic E-state index is 8.56. The lowest BCUT2D eigenvalue weighted by Gasteiger charge is -2.28. The third kappa shape index (κ3) is 3.10. The number of anilines is 1. The smallest absolute Gasteiger partial charge is 0.123 e. The largest absolute Gasteiger partial charge is 0.393 e. The highest BCUT2D eigenvalue weighted by Gasteiger charge is 2.22. The van der Waals surface area contributed by atoms with Gasteiger partial charge in [0.25, 0.3) is 0 Å². The first-order valence-electron chi connectivity index (χ1n) is 7.65. The van der Waals surface area contributed by atoms with Crippen molar-refractivity contribution in [2.75, 3.05) is 25.5 Å². The lowest BCUT2D eigenvalue weighted by molar-refractivity contribution is 0.909. The van der Waals surface area contributed by atoms with E-state index in [0.717, 1.165) is 22.5 Å². The summed E-state index contributed by atoms with van der Waals surface area (Å²) in [6, 6.07) is 2.02. The summed E-state index contributed by atoms with van der Waals surface area (Å²) in [6.45, 7) is 0.536. The molecule has 2 N–H and O–H groups in total. The second kappa shape index (κ2) is 6.97. The van der Waals surface area contributed by atoms with E-state index in [-0.39, 0.29) is 11.4 Å². The minimum absolute atomic E-state index is 0.135. The Morgan fingerprint density at radius 2 is 2.33 bits per heavy atom. The summed E-state index contributed by atoms with van der Waals surface area (Å²) in [7, 11) is 3.75. The van der Waals surface area contributed by atoms with E-state index in [9.17, 15) is 0 Å². The van der Waals surface area contributed by atoms with Crippen LogP contribution < -0.4 is 10.2 Å². The number of aliphatic imine (C=N–C) groups is 2. The molecule has 0 bridgehead atoms. The number of halogens is 1. The second-order valence-corrected chi connectivity index (χ2v) is 6.06. The van der Waals surface area contributed by atoms with Crippen molar-refractivity contribution in [1.82, 2.24) is 10.3 Å². The Hall–Kier alpha value is -2.47. The average Bonchev–Trinajstić information content (AvgIpc) is 2.63. The van der Waals surface area contributed by atoms with Gasteiger partial charge in [0, 0.05) is 43.8 Å². The number of hydrogen-bond acceptors (Lipinski definition) is 6. The zero-order valence-electron chi connectivity index (χ0n) is 13.6. The first-order chi connectivity index (χ1) is 11.6. The predicted octanol–water partition coefficient (Wildman–Crippen LogP) is 2.42. The number of allylic oxidation sites excluding steroid dienone is 1. The molecule has 0 saturated carbocycles. The molecule has 0 amide bonds. The SMILES string of the molecule is CN/C=C(\C(=N)C1C=NC=NC1)c1cnc2c(c1)N(C)C(Cl)C=C2. The molecule has 2 unspecified atom stereocenters. The molecule has 1 aromatic heterocycles. The fraction of sp³-hybridized carbons (Fsp3) is 0.294. The van der Waals surface area contributed by atoms with E-state index in [1.165, 1.54) is 6.34 Å². The van der Waals surface area contributed by atoms with Gasteiger partial charge in [0.15, 0.2) is 0 Å². The Kier molecular flexibility index (Phi) is 4.76. The molecule has 3 rings (SSSR count). The highest BCUT2D eigenvalue weighted by molar-refractivity contribution is 6.27. The van der Waals surface area contributed by atoms with Crippen molar-refractivity contribution in [3.63, 3.8) is 0 Å². The maximum atomic E-state index is 8.56. The van der Waals surface area contributed by atoms with Gasteiger partial charge in [-0.2, -0.15) is 0 Å². The summed E-state index contributed by atoms with van der Waals surface area (Å²) in [6.07, 6.45) is 10.7. The summed E-state index contributed by atoms with van der Waals surface area (Å²) in [5.41, 5.74) is 3.71. The van der Waals surface area contributed by atoms with E-state index in [1.54, 1.807) is 12.4 Å². The number of hydrogen-bond donors (Lipinski definition) is 2. The number of rotatable bonds is 4. The van der Waals surface area contributed by atoms with Gasteiger partial charge in [0.2, 0.25) is 0 Å². The fourth-order valence-electron chi connectivity index (χ4n) is 2.68. The van der Waals surface area contributed by atoms with Gasteiger partial charge in [-0.05, 0) is 18.2 Å². The minimum atomic E-state index is -0.203. The van der Waals surface area contributed by atoms with E-state index in [2.05, 4.69) is 20.3 Å². The number of nitrogens with one attached hydrogen (secondary N) is 2. The highest BCUT2D eigenvalue weighted by Crippen LogP contribution is 2.31. The Morgan fingerprint density at radius 1 is 1.50 bits per heavy atom. The maximum Gasteiger partial charge on any atom is 0.123 e. The topological polar surface area (TPSA) is 76.7 Å². The summed E-state index contributed by atoms with van der Waals surface area (Å²) >= 11 is 6.28. The average molecular weight is 343 g/mol. The number of likely N-dealkylation sites (N-methyl/N-ethyl adjacent to an activating group) is 1. The van der Waals surface area contributed by atoms with Crippen LogP contribution in [0.15, 0.2) is 34.5 Å². The Bertz CT molecular complexity index is 764. The van der Waals surface area contributed by atoms with Gasteiger partial charge >= 0.3 is 0 Å². The molecule has 0 aliphatic carbocycles. The molecule has 124 valence electrons. The quantitative estimate of drug-likeness (QED) is 0.501. The van der Waals surface area contributed by atoms with E-state index in [0.29, 0.717) is 12.3 Å². The van der Waals surface area contributed by atoms with Crippen LogP contribution in [0, 0.1) is 11.3 Å². The number of nitrogens with zero attached hydrogens (tertiary/aromatic N) is 4. The van der Waals surface area contributed by atoms with Crippen LogP contribution in [0.5, 0.6) is 0 Å². The molecule has 24 heavy (non-hydrogen) atoms. The molecule has 2 aliphatic rings. The van der Waals surface area contributed by atoms with Crippen molar-refractivity contribution in [2.24, 2.45) is 15.9 Å². The van der Waals surface area contributed by atoms with Crippen LogP contribution >= 0.6 is 11.6 Å². The molecule has 3 heterocycles. The van der Waals surface area contributed by atoms with E-state index in [1.807, 2.05) is 43.4 Å². The van der Waals surface area contributed by atoms with Crippen molar-refractivity contribution in [2.45, 2.75) is 5.50 Å². The first kappa shape index (κ1) is 16.4. The Morgan fingerprint density at radius 3 is 3.04 bits per heavy atom. The van der Waals surface area contributed by atoms with Crippen LogP contribution in [0.4, 0.5) is 5.69 Å². The highest BCUT2D eigenvalue weighted by atomic mass is 35.5. The van der Waals surface area contributed by atoms with Crippen LogP contribution in [0.2, 0.25) is 0 Å². The van der Waals surface area contributed by atoms with Crippen molar-refractivity contribution < 1.29 is 0 Å². The van der Waals surface area contributed by atoms with Crippen LogP contribution in [-0.4, -0.2) is 49.4 Å². The van der Waals surface area contributed by atoms with Crippen LogP contribution in [0.25, 0.3) is 11.6 Å². The molecule has 2 atom stereocenters. The van der Waals surface area contributed by atoms with Crippen LogP contribution in [0.3, 0.4) is 0 Å². The number of aromatic nitrogens is 1. The lowest BCUT2D eigenvalue weighted by atomic mass is 9.93. The van der Waals surface area contributed by atoms with Crippen molar-refractivity contribution in [1.29, 1.82) is 5.41 Å². The third-order valence-corrected chi connectivity index (χ3v) is 4.48. The van der Waals surface area contributed by atoms with Gasteiger partial charge in [-0.15, -0.1) is 0 Å². The van der Waals surface area contributed by atoms with Gasteiger partial charge < -0.3 is 15.6 Å². The number of pyridine rings is 1. The zero-order chi connectivity index (χ0) is 17.1. The molecule has 2 aliphatic heterocycles. The molecule has 0 fully saturated rings. The molecule has 6 nitrogen and oxygen atoms in total. The molecular formula is C17H19ClN6. The minimum Gasteiger partial charge on any atom is -0.393 e. The second-order valence-electron chi connectivity index (χ2n) is 5.62. The molecule has 0 aromatic carbocycles. The third-order valence-electron chi connectivity index (χ3n) is 4.04. The summed E-state index contributed by atoms with van der Waals surface area (Å²) in [5, 5.41) is 11.6. The molecular weight excluding hydrogens is 324 g/mol. The fourth-order valence-corrected chi connectivity index (χ4v) is 2.86. The van der Waals surface area contributed by atoms with Crippen molar-refractivity contribution >= 4 is 47.2 Å². The van der Waals surface area contributed by atoms with Crippen molar-refractivity contribution in [3.8, 4) is 0 Å². The van der Waals surface area contributed by atoms with Crippen molar-refractivity contribution in [3.05, 3.63) is 35.8 Å². The van der Waals surface area contributed by atoms with E-state index in [4.69, 9.17) is 17.0 Å². The molecule has 0 radical (unpaired) electrons. The number of fused-ring (bicyclic) bond motifs is 1. The Labute approximate surface area is 146 Å². The predicted molar refractivity (Wildman–Crippen MR) is 101 cm³/mol. The molecule has 0 spiro atoms. The Balaban J connectivity index is 1.97. The zero-order valence-corrected chi connectivity index (χ0v) is 14.3. The van der Waals surface area contributed by atoms with Crippen LogP contribution in [0.1, 0.15) is 11.3 Å². The van der Waals surface area contributed by atoms with E-state index >= 15 is 0 Å². The normalized spacial score (nSPS) is 22.5. The first-order valence-corrected chi connectivity index (χ1v) is 8.09.